The van der Waals surface area contributed by atoms with Crippen molar-refractivity contribution in [1.29, 1.82) is 0 Å². The minimum Gasteiger partial charge on any atom is -0.456 e. The third-order valence-electron chi connectivity index (χ3n) is 12.6. The first-order chi connectivity index (χ1) is 28.3. The van der Waals surface area contributed by atoms with E-state index < -0.39 is 0 Å². The number of hydrogen-bond donors (Lipinski definition) is 0. The molecule has 13 aromatic rings. The molecule has 0 bridgehead atoms. The van der Waals surface area contributed by atoms with Crippen molar-refractivity contribution in [1.82, 2.24) is 0 Å². The second kappa shape index (κ2) is 11.5. The molecule has 1 heteroatoms. The van der Waals surface area contributed by atoms with Gasteiger partial charge in [-0.3, -0.25) is 0 Å². The van der Waals surface area contributed by atoms with Gasteiger partial charge in [-0.1, -0.05) is 164 Å². The summed E-state index contributed by atoms with van der Waals surface area (Å²) in [6.45, 7) is 0. The molecule has 0 saturated heterocycles. The molecule has 1 aromatic heterocycles. The average molecular weight is 721 g/mol. The van der Waals surface area contributed by atoms with Crippen LogP contribution in [0.4, 0.5) is 0 Å². The topological polar surface area (TPSA) is 13.1 Å². The second-order valence-corrected chi connectivity index (χ2v) is 15.5. The van der Waals surface area contributed by atoms with Gasteiger partial charge in [-0.25, -0.2) is 0 Å². The molecule has 0 aliphatic heterocycles. The molecule has 0 saturated carbocycles. The Morgan fingerprint density at radius 1 is 0.228 bits per heavy atom. The summed E-state index contributed by atoms with van der Waals surface area (Å²) < 4.78 is 6.67. The van der Waals surface area contributed by atoms with E-state index in [1.807, 2.05) is 0 Å². The standard InChI is InChI=1S/C56H32O/c1-2-14-35-33(13-1)25-27-42-38-17-5-8-20-41(38)52(31-47(35)42)56-45-23-11-9-21-43(45)55(44-22-10-12-24-46(44)56)34-26-28-53-50(29-34)51-30-48-39-18-6-3-15-36(39)37-16-4-7-19-40(37)49(48)32-54(51)57-53/h1-32H. The maximum absolute atomic E-state index is 6.67. The summed E-state index contributed by atoms with van der Waals surface area (Å²) in [6, 6.07) is 71.6. The lowest BCUT2D eigenvalue weighted by atomic mass is 9.83. The number of benzene rings is 12. The Morgan fingerprint density at radius 2 is 0.667 bits per heavy atom. The lowest BCUT2D eigenvalue weighted by Gasteiger charge is -2.20. The Kier molecular flexibility index (Phi) is 6.23. The lowest BCUT2D eigenvalue weighted by molar-refractivity contribution is 0.669. The van der Waals surface area contributed by atoms with Gasteiger partial charge in [-0.15, -0.1) is 0 Å². The predicted octanol–water partition coefficient (Wildman–Crippen LogP) is 16.1. The molecule has 12 aromatic carbocycles. The molecule has 13 rings (SSSR count). The summed E-state index contributed by atoms with van der Waals surface area (Å²) in [4.78, 5) is 0. The van der Waals surface area contributed by atoms with Crippen LogP contribution in [0, 0.1) is 0 Å². The maximum Gasteiger partial charge on any atom is 0.136 e. The average Bonchev–Trinajstić information content (AvgIpc) is 3.64. The molecule has 0 radical (unpaired) electrons. The number of hydrogen-bond acceptors (Lipinski definition) is 1. The molecule has 57 heavy (non-hydrogen) atoms. The van der Waals surface area contributed by atoms with E-state index >= 15 is 0 Å². The van der Waals surface area contributed by atoms with E-state index in [4.69, 9.17) is 4.42 Å². The predicted molar refractivity (Wildman–Crippen MR) is 245 cm³/mol. The van der Waals surface area contributed by atoms with Crippen LogP contribution in [0.15, 0.2) is 199 Å². The molecular weight excluding hydrogens is 689 g/mol. The number of fused-ring (bicyclic) bond motifs is 16. The number of rotatable bonds is 2. The van der Waals surface area contributed by atoms with Gasteiger partial charge < -0.3 is 4.42 Å². The molecule has 0 aliphatic carbocycles. The van der Waals surface area contributed by atoms with Gasteiger partial charge in [0.2, 0.25) is 0 Å². The van der Waals surface area contributed by atoms with Crippen LogP contribution in [0.25, 0.3) is 130 Å². The smallest absolute Gasteiger partial charge is 0.136 e. The minimum absolute atomic E-state index is 0.901. The highest BCUT2D eigenvalue weighted by atomic mass is 16.3. The Hall–Kier alpha value is -7.48. The summed E-state index contributed by atoms with van der Waals surface area (Å²) in [5.41, 5.74) is 6.78. The summed E-state index contributed by atoms with van der Waals surface area (Å²) >= 11 is 0. The van der Waals surface area contributed by atoms with Crippen LogP contribution in [0.5, 0.6) is 0 Å². The van der Waals surface area contributed by atoms with E-state index in [0.29, 0.717) is 0 Å². The zero-order valence-corrected chi connectivity index (χ0v) is 30.9. The van der Waals surface area contributed by atoms with E-state index in [1.54, 1.807) is 0 Å². The van der Waals surface area contributed by atoms with Gasteiger partial charge in [0.15, 0.2) is 0 Å². The van der Waals surface area contributed by atoms with E-state index in [9.17, 15) is 0 Å². The van der Waals surface area contributed by atoms with Gasteiger partial charge in [-0.2, -0.15) is 0 Å². The number of furan rings is 1. The van der Waals surface area contributed by atoms with Gasteiger partial charge in [0.1, 0.15) is 11.2 Å². The molecule has 0 amide bonds. The van der Waals surface area contributed by atoms with Crippen LogP contribution in [0.3, 0.4) is 0 Å². The van der Waals surface area contributed by atoms with Gasteiger partial charge in [-0.05, 0) is 139 Å². The first-order valence-electron chi connectivity index (χ1n) is 19.8. The van der Waals surface area contributed by atoms with Crippen LogP contribution in [-0.2, 0) is 0 Å². The molecular formula is C56H32O. The van der Waals surface area contributed by atoms with Crippen molar-refractivity contribution in [3.63, 3.8) is 0 Å². The van der Waals surface area contributed by atoms with Gasteiger partial charge in [0.25, 0.3) is 0 Å². The Balaban J connectivity index is 1.11. The Morgan fingerprint density at radius 3 is 1.30 bits per heavy atom. The van der Waals surface area contributed by atoms with Gasteiger partial charge in [0, 0.05) is 10.8 Å². The fourth-order valence-electron chi connectivity index (χ4n) is 10.1. The molecule has 262 valence electrons. The molecule has 0 unspecified atom stereocenters. The van der Waals surface area contributed by atoms with Crippen molar-refractivity contribution < 1.29 is 4.42 Å². The van der Waals surface area contributed by atoms with Crippen LogP contribution >= 0.6 is 0 Å². The third-order valence-corrected chi connectivity index (χ3v) is 12.6. The Bertz CT molecular complexity index is 3810. The van der Waals surface area contributed by atoms with Crippen LogP contribution in [0.1, 0.15) is 0 Å². The summed E-state index contributed by atoms with van der Waals surface area (Å²) in [6.07, 6.45) is 0. The molecule has 0 fully saturated rings. The molecule has 1 nitrogen and oxygen atoms in total. The van der Waals surface area contributed by atoms with Crippen molar-refractivity contribution in [2.24, 2.45) is 0 Å². The van der Waals surface area contributed by atoms with Crippen LogP contribution in [0.2, 0.25) is 0 Å². The summed E-state index contributed by atoms with van der Waals surface area (Å²) in [5, 5.41) is 22.4. The van der Waals surface area contributed by atoms with Crippen molar-refractivity contribution in [2.75, 3.05) is 0 Å². The van der Waals surface area contributed by atoms with E-state index in [-0.39, 0.29) is 0 Å². The van der Waals surface area contributed by atoms with E-state index in [2.05, 4.69) is 194 Å². The molecule has 0 aliphatic rings. The van der Waals surface area contributed by atoms with Crippen molar-refractivity contribution in [3.8, 4) is 22.3 Å². The first-order valence-corrected chi connectivity index (χ1v) is 19.8. The van der Waals surface area contributed by atoms with Crippen molar-refractivity contribution in [3.05, 3.63) is 194 Å². The highest BCUT2D eigenvalue weighted by molar-refractivity contribution is 6.30. The minimum atomic E-state index is 0.901. The zero-order valence-electron chi connectivity index (χ0n) is 30.9. The fraction of sp³-hybridized carbons (Fsp3) is 0. The van der Waals surface area contributed by atoms with Crippen molar-refractivity contribution in [2.45, 2.75) is 0 Å². The van der Waals surface area contributed by atoms with Gasteiger partial charge >= 0.3 is 0 Å². The SMILES string of the molecule is c1ccc2c(c1)ccc1c3ccccc3c(-c3c4ccccc4c(-c4ccc5oc6cc7c8ccccc8c8ccccc8c7cc6c5c4)c4ccccc34)cc21. The first kappa shape index (κ1) is 30.8. The highest BCUT2D eigenvalue weighted by Gasteiger charge is 2.21. The lowest BCUT2D eigenvalue weighted by Crippen LogP contribution is -1.92. The molecule has 0 atom stereocenters. The summed E-state index contributed by atoms with van der Waals surface area (Å²) in [7, 11) is 0. The van der Waals surface area contributed by atoms with Crippen LogP contribution in [-0.4, -0.2) is 0 Å². The quantitative estimate of drug-likeness (QED) is 0.128. The molecule has 1 heterocycles. The third kappa shape index (κ3) is 4.29. The molecule has 0 spiro atoms. The zero-order chi connectivity index (χ0) is 37.2. The second-order valence-electron chi connectivity index (χ2n) is 15.5. The van der Waals surface area contributed by atoms with Crippen molar-refractivity contribution >= 4 is 108 Å². The van der Waals surface area contributed by atoms with Crippen LogP contribution < -0.4 is 0 Å². The van der Waals surface area contributed by atoms with E-state index in [0.717, 1.165) is 21.9 Å². The van der Waals surface area contributed by atoms with Gasteiger partial charge in [0.05, 0.1) is 0 Å². The molecule has 0 N–H and O–H groups in total. The Labute approximate surface area is 327 Å². The fourth-order valence-corrected chi connectivity index (χ4v) is 10.1. The monoisotopic (exact) mass is 720 g/mol. The maximum atomic E-state index is 6.67. The normalized spacial score (nSPS) is 12.2. The summed E-state index contributed by atoms with van der Waals surface area (Å²) in [5.74, 6) is 0. The highest BCUT2D eigenvalue weighted by Crippen LogP contribution is 2.48. The largest absolute Gasteiger partial charge is 0.456 e. The van der Waals surface area contributed by atoms with E-state index in [1.165, 1.54) is 108 Å².